The fraction of sp³-hybridized carbons (Fsp3) is 0.875. The van der Waals surface area contributed by atoms with Gasteiger partial charge in [0, 0.05) is 22.4 Å². The van der Waals surface area contributed by atoms with Crippen molar-refractivity contribution in [3.8, 4) is 0 Å². The van der Waals surface area contributed by atoms with Crippen molar-refractivity contribution in [1.29, 1.82) is 0 Å². The molecule has 0 aliphatic heterocycles. The molecule has 0 aromatic carbocycles. The largest absolute Gasteiger partial charge is 0.543 e. The topological polar surface area (TPSA) is 26.3 Å². The molecule has 67 valence electrons. The Bertz CT molecular complexity index is 120. The van der Waals surface area contributed by atoms with Crippen molar-refractivity contribution >= 4 is 14.0 Å². The van der Waals surface area contributed by atoms with Gasteiger partial charge in [-0.1, -0.05) is 26.7 Å². The Balaban J connectivity index is 0. The molecule has 0 saturated heterocycles. The number of hydrogen-bond donors (Lipinski definition) is 0. The molecule has 4 heteroatoms. The first-order chi connectivity index (χ1) is 5.26. The summed E-state index contributed by atoms with van der Waals surface area (Å²) in [5.74, 6) is -0.277. The maximum Gasteiger partial charge on any atom is 0.378 e. The molecule has 0 amide bonds. The molecular formula is C8H15BNbO2. The average Bonchev–Trinajstić information content (AvgIpc) is 2.05. The van der Waals surface area contributed by atoms with Crippen LogP contribution in [0.3, 0.4) is 0 Å². The van der Waals surface area contributed by atoms with Crippen molar-refractivity contribution in [3.05, 3.63) is 0 Å². The van der Waals surface area contributed by atoms with Crippen LogP contribution >= 0.6 is 0 Å². The zero-order valence-corrected chi connectivity index (χ0v) is 9.95. The van der Waals surface area contributed by atoms with Crippen LogP contribution < -0.4 is 0 Å². The average molecular weight is 247 g/mol. The Morgan fingerprint density at radius 1 is 1.50 bits per heavy atom. The molecule has 2 nitrogen and oxygen atoms in total. The van der Waals surface area contributed by atoms with E-state index in [0.29, 0.717) is 0 Å². The molecule has 0 aromatic rings. The van der Waals surface area contributed by atoms with Crippen LogP contribution in [-0.4, -0.2) is 14.0 Å². The van der Waals surface area contributed by atoms with E-state index < -0.39 is 0 Å². The van der Waals surface area contributed by atoms with E-state index in [1.165, 1.54) is 0 Å². The summed E-state index contributed by atoms with van der Waals surface area (Å²) in [6.07, 6.45) is 3.88. The standard InChI is InChI=1S/C8H15BO2.Nb/c1-3-5-6-7(4-2)8(10)11-9;/h7H,3-6H2,1-2H3;. The van der Waals surface area contributed by atoms with Crippen molar-refractivity contribution in [2.45, 2.75) is 39.5 Å². The van der Waals surface area contributed by atoms with E-state index in [-0.39, 0.29) is 34.3 Å². The molecule has 0 saturated carbocycles. The van der Waals surface area contributed by atoms with Crippen molar-refractivity contribution in [3.63, 3.8) is 0 Å². The second kappa shape index (κ2) is 9.36. The second-order valence-electron chi connectivity index (χ2n) is 2.68. The van der Waals surface area contributed by atoms with Gasteiger partial charge in [0.2, 0.25) is 0 Å². The molecular weight excluding hydrogens is 232 g/mol. The molecule has 0 aromatic heterocycles. The summed E-state index contributed by atoms with van der Waals surface area (Å²) in [6, 6.07) is 0. The van der Waals surface area contributed by atoms with E-state index in [2.05, 4.69) is 11.6 Å². The number of rotatable bonds is 5. The zero-order valence-electron chi connectivity index (χ0n) is 7.75. The van der Waals surface area contributed by atoms with E-state index in [9.17, 15) is 4.79 Å². The summed E-state index contributed by atoms with van der Waals surface area (Å²) in [4.78, 5) is 10.9. The molecule has 0 heterocycles. The third-order valence-corrected chi connectivity index (χ3v) is 1.85. The Kier molecular flexibility index (Phi) is 11.5. The molecule has 3 radical (unpaired) electrons. The summed E-state index contributed by atoms with van der Waals surface area (Å²) >= 11 is 0. The fourth-order valence-corrected chi connectivity index (χ4v) is 1.04. The minimum absolute atomic E-state index is 0. The summed E-state index contributed by atoms with van der Waals surface area (Å²) in [5, 5.41) is 0. The monoisotopic (exact) mass is 247 g/mol. The van der Waals surface area contributed by atoms with Crippen LogP contribution in [0.4, 0.5) is 0 Å². The Morgan fingerprint density at radius 3 is 2.42 bits per heavy atom. The fourth-order valence-electron chi connectivity index (χ4n) is 1.04. The number of unbranched alkanes of at least 4 members (excludes halogenated alkanes) is 1. The van der Waals surface area contributed by atoms with Gasteiger partial charge in [0.1, 0.15) is 0 Å². The van der Waals surface area contributed by atoms with Gasteiger partial charge in [-0.05, 0) is 12.8 Å². The number of hydrogen-bond acceptors (Lipinski definition) is 2. The second-order valence-corrected chi connectivity index (χ2v) is 2.68. The zero-order chi connectivity index (χ0) is 8.69. The predicted octanol–water partition coefficient (Wildman–Crippen LogP) is 1.83. The van der Waals surface area contributed by atoms with Gasteiger partial charge in [-0.3, -0.25) is 4.79 Å². The molecule has 0 bridgehead atoms. The Hall–Kier alpha value is 0.275. The molecule has 0 rings (SSSR count). The van der Waals surface area contributed by atoms with Crippen LogP contribution in [0.25, 0.3) is 0 Å². The molecule has 1 atom stereocenters. The number of carbonyl (C=O) groups is 1. The normalized spacial score (nSPS) is 11.5. The minimum atomic E-state index is -0.277. The van der Waals surface area contributed by atoms with E-state index >= 15 is 0 Å². The number of carbonyl (C=O) groups excluding carboxylic acids is 1. The SMILES string of the molecule is [B]OC(=O)C(CC)CCCC.[Nb]. The van der Waals surface area contributed by atoms with E-state index in [1.807, 2.05) is 6.92 Å². The summed E-state index contributed by atoms with van der Waals surface area (Å²) in [6.45, 7) is 4.07. The third-order valence-electron chi connectivity index (χ3n) is 1.85. The van der Waals surface area contributed by atoms with Gasteiger partial charge < -0.3 is 4.65 Å². The minimum Gasteiger partial charge on any atom is -0.543 e. The van der Waals surface area contributed by atoms with Gasteiger partial charge in [-0.2, -0.15) is 0 Å². The van der Waals surface area contributed by atoms with Gasteiger partial charge in [-0.25, -0.2) is 0 Å². The summed E-state index contributed by atoms with van der Waals surface area (Å²) in [7, 11) is 4.77. The smallest absolute Gasteiger partial charge is 0.378 e. The molecule has 0 fully saturated rings. The van der Waals surface area contributed by atoms with Gasteiger partial charge in [-0.15, -0.1) is 0 Å². The van der Waals surface area contributed by atoms with Gasteiger partial charge >= 0.3 is 8.05 Å². The quantitative estimate of drug-likeness (QED) is 0.692. The molecule has 0 aliphatic carbocycles. The van der Waals surface area contributed by atoms with E-state index in [0.717, 1.165) is 25.7 Å². The van der Waals surface area contributed by atoms with Crippen LogP contribution in [-0.2, 0) is 31.8 Å². The summed E-state index contributed by atoms with van der Waals surface area (Å²) in [5.41, 5.74) is 0. The van der Waals surface area contributed by atoms with Crippen LogP contribution in [0.2, 0.25) is 0 Å². The van der Waals surface area contributed by atoms with Gasteiger partial charge in [0.25, 0.3) is 5.97 Å². The summed E-state index contributed by atoms with van der Waals surface area (Å²) < 4.78 is 4.16. The van der Waals surface area contributed by atoms with Crippen LogP contribution in [0, 0.1) is 5.92 Å². The van der Waals surface area contributed by atoms with E-state index in [4.69, 9.17) is 8.05 Å². The molecule has 0 spiro atoms. The van der Waals surface area contributed by atoms with Crippen molar-refractivity contribution < 1.29 is 31.8 Å². The molecule has 12 heavy (non-hydrogen) atoms. The van der Waals surface area contributed by atoms with Crippen molar-refractivity contribution in [2.75, 3.05) is 0 Å². The molecule has 0 aliphatic rings. The first-order valence-electron chi connectivity index (χ1n) is 4.16. The van der Waals surface area contributed by atoms with Gasteiger partial charge in [0.15, 0.2) is 0 Å². The van der Waals surface area contributed by atoms with E-state index in [1.54, 1.807) is 0 Å². The first-order valence-corrected chi connectivity index (χ1v) is 4.16. The van der Waals surface area contributed by atoms with Crippen LogP contribution in [0.5, 0.6) is 0 Å². The Morgan fingerprint density at radius 2 is 2.08 bits per heavy atom. The maximum absolute atomic E-state index is 10.9. The maximum atomic E-state index is 10.9. The third kappa shape index (κ3) is 5.87. The molecule has 0 N–H and O–H groups in total. The predicted molar refractivity (Wildman–Crippen MR) is 45.2 cm³/mol. The van der Waals surface area contributed by atoms with Crippen molar-refractivity contribution in [1.82, 2.24) is 0 Å². The molecule has 1 unspecified atom stereocenters. The van der Waals surface area contributed by atoms with Crippen LogP contribution in [0.15, 0.2) is 0 Å². The van der Waals surface area contributed by atoms with Gasteiger partial charge in [0.05, 0.1) is 5.92 Å². The van der Waals surface area contributed by atoms with Crippen molar-refractivity contribution in [2.24, 2.45) is 5.92 Å². The van der Waals surface area contributed by atoms with Crippen LogP contribution in [0.1, 0.15) is 39.5 Å². The first kappa shape index (κ1) is 14.8. The Labute approximate surface area is 91.4 Å².